The minimum Gasteiger partial charge on any atom is -0.313 e. The van der Waals surface area contributed by atoms with E-state index in [2.05, 4.69) is 19.9 Å². The molecule has 0 aliphatic rings. The summed E-state index contributed by atoms with van der Waals surface area (Å²) in [5, 5.41) is 0. The third kappa shape index (κ3) is 3.96. The fraction of sp³-hybridized carbons (Fsp3) is 0. The highest BCUT2D eigenvalue weighted by atomic mass is 16.1. The first-order valence-corrected chi connectivity index (χ1v) is 3.78. The number of aromatic amines is 2. The van der Waals surface area contributed by atoms with Crippen LogP contribution >= 0.6 is 0 Å². The van der Waals surface area contributed by atoms with Gasteiger partial charge in [-0.2, -0.15) is 0 Å². The molecule has 0 fully saturated rings. The molecule has 14 heavy (non-hydrogen) atoms. The first-order chi connectivity index (χ1) is 6.79. The van der Waals surface area contributed by atoms with Crippen LogP contribution in [-0.4, -0.2) is 19.9 Å². The molecular formula is C8H8N4O2. The summed E-state index contributed by atoms with van der Waals surface area (Å²) in [5.74, 6) is 0. The van der Waals surface area contributed by atoms with Gasteiger partial charge in [-0.05, 0) is 12.1 Å². The Morgan fingerprint density at radius 3 is 1.43 bits per heavy atom. The van der Waals surface area contributed by atoms with Gasteiger partial charge in [-0.1, -0.05) is 0 Å². The van der Waals surface area contributed by atoms with E-state index in [1.807, 2.05) is 0 Å². The summed E-state index contributed by atoms with van der Waals surface area (Å²) in [4.78, 5) is 31.7. The molecule has 0 unspecified atom stereocenters. The molecule has 0 amide bonds. The summed E-state index contributed by atoms with van der Waals surface area (Å²) in [5.41, 5.74) is -0.606. The highest BCUT2D eigenvalue weighted by Gasteiger charge is 1.71. The fourth-order valence-electron chi connectivity index (χ4n) is 0.621. The minimum absolute atomic E-state index is 0.303. The van der Waals surface area contributed by atoms with E-state index in [4.69, 9.17) is 0 Å². The Hall–Kier alpha value is -2.24. The van der Waals surface area contributed by atoms with Crippen LogP contribution in [-0.2, 0) is 0 Å². The molecule has 0 saturated heterocycles. The van der Waals surface area contributed by atoms with Crippen molar-refractivity contribution in [1.82, 2.24) is 19.9 Å². The van der Waals surface area contributed by atoms with Crippen LogP contribution in [0.3, 0.4) is 0 Å². The number of aromatic nitrogens is 4. The van der Waals surface area contributed by atoms with Crippen molar-refractivity contribution in [1.29, 1.82) is 0 Å². The Morgan fingerprint density at radius 2 is 1.29 bits per heavy atom. The second kappa shape index (κ2) is 5.41. The van der Waals surface area contributed by atoms with E-state index < -0.39 is 0 Å². The molecule has 2 heterocycles. The molecule has 72 valence electrons. The molecule has 2 aromatic rings. The van der Waals surface area contributed by atoms with E-state index in [9.17, 15) is 9.59 Å². The van der Waals surface area contributed by atoms with Gasteiger partial charge in [-0.15, -0.1) is 0 Å². The zero-order valence-corrected chi connectivity index (χ0v) is 7.18. The average Bonchev–Trinajstić information content (AvgIpc) is 2.21. The van der Waals surface area contributed by atoms with Crippen molar-refractivity contribution in [3.63, 3.8) is 0 Å². The molecule has 0 spiro atoms. The predicted octanol–water partition coefficient (Wildman–Crippen LogP) is -0.460. The van der Waals surface area contributed by atoms with Gasteiger partial charge in [0, 0.05) is 24.8 Å². The van der Waals surface area contributed by atoms with Gasteiger partial charge in [0.15, 0.2) is 0 Å². The standard InChI is InChI=1S/2C4H4N2O/c2*7-4-5-2-1-3-6-4/h2*1-3H,(H,5,6,7). The summed E-state index contributed by atoms with van der Waals surface area (Å²) in [7, 11) is 0. The summed E-state index contributed by atoms with van der Waals surface area (Å²) < 4.78 is 0. The third-order valence-corrected chi connectivity index (χ3v) is 1.16. The molecule has 0 aliphatic carbocycles. The quantitative estimate of drug-likeness (QED) is 0.590. The zero-order valence-electron chi connectivity index (χ0n) is 7.18. The lowest BCUT2D eigenvalue weighted by atomic mass is 10.7. The van der Waals surface area contributed by atoms with E-state index in [0.29, 0.717) is 0 Å². The van der Waals surface area contributed by atoms with Crippen LogP contribution in [0.2, 0.25) is 0 Å². The molecule has 0 aromatic carbocycles. The van der Waals surface area contributed by atoms with Crippen molar-refractivity contribution in [2.75, 3.05) is 0 Å². The monoisotopic (exact) mass is 192 g/mol. The molecule has 2 N–H and O–H groups in total. The van der Waals surface area contributed by atoms with Crippen LogP contribution in [0.25, 0.3) is 0 Å². The van der Waals surface area contributed by atoms with Crippen LogP contribution in [0.4, 0.5) is 0 Å². The van der Waals surface area contributed by atoms with Gasteiger partial charge >= 0.3 is 11.4 Å². The third-order valence-electron chi connectivity index (χ3n) is 1.16. The number of nitrogens with one attached hydrogen (secondary N) is 2. The number of rotatable bonds is 0. The highest BCUT2D eigenvalue weighted by Crippen LogP contribution is 1.61. The molecule has 6 nitrogen and oxygen atoms in total. The first kappa shape index (κ1) is 9.85. The molecule has 6 heteroatoms. The minimum atomic E-state index is -0.303. The zero-order chi connectivity index (χ0) is 10.2. The SMILES string of the molecule is O=c1nccc[nH]1.O=c1nccc[nH]1. The maximum absolute atomic E-state index is 10.1. The van der Waals surface area contributed by atoms with Crippen molar-refractivity contribution >= 4 is 0 Å². The molecule has 0 radical (unpaired) electrons. The first-order valence-electron chi connectivity index (χ1n) is 3.78. The smallest absolute Gasteiger partial charge is 0.313 e. The summed E-state index contributed by atoms with van der Waals surface area (Å²) in [6, 6.07) is 3.31. The van der Waals surface area contributed by atoms with Crippen molar-refractivity contribution < 1.29 is 0 Å². The van der Waals surface area contributed by atoms with Crippen molar-refractivity contribution in [2.45, 2.75) is 0 Å². The van der Waals surface area contributed by atoms with Crippen LogP contribution < -0.4 is 11.4 Å². The predicted molar refractivity (Wildman–Crippen MR) is 49.7 cm³/mol. The maximum atomic E-state index is 10.1. The lowest BCUT2D eigenvalue weighted by Crippen LogP contribution is -2.05. The fourth-order valence-corrected chi connectivity index (χ4v) is 0.621. The Kier molecular flexibility index (Phi) is 3.81. The van der Waals surface area contributed by atoms with Crippen LogP contribution in [0.1, 0.15) is 0 Å². The van der Waals surface area contributed by atoms with Crippen LogP contribution in [0.15, 0.2) is 46.5 Å². The molecule has 2 aromatic heterocycles. The van der Waals surface area contributed by atoms with Gasteiger partial charge in [0.25, 0.3) is 0 Å². The van der Waals surface area contributed by atoms with Crippen molar-refractivity contribution in [3.8, 4) is 0 Å². The highest BCUT2D eigenvalue weighted by molar-refractivity contribution is 4.75. The number of nitrogens with zero attached hydrogens (tertiary/aromatic N) is 2. The summed E-state index contributed by atoms with van der Waals surface area (Å²) in [6.07, 6.45) is 5.96. The second-order valence-corrected chi connectivity index (χ2v) is 2.17. The van der Waals surface area contributed by atoms with E-state index in [1.54, 1.807) is 12.1 Å². The van der Waals surface area contributed by atoms with Crippen molar-refractivity contribution in [2.24, 2.45) is 0 Å². The van der Waals surface area contributed by atoms with Gasteiger partial charge in [0.1, 0.15) is 0 Å². The summed E-state index contributed by atoms with van der Waals surface area (Å²) in [6.45, 7) is 0. The van der Waals surface area contributed by atoms with Crippen LogP contribution in [0, 0.1) is 0 Å². The van der Waals surface area contributed by atoms with Gasteiger partial charge in [-0.25, -0.2) is 19.6 Å². The van der Waals surface area contributed by atoms with E-state index in [1.165, 1.54) is 24.8 Å². The van der Waals surface area contributed by atoms with Crippen molar-refractivity contribution in [3.05, 3.63) is 57.9 Å². The molecule has 0 bridgehead atoms. The summed E-state index contributed by atoms with van der Waals surface area (Å²) >= 11 is 0. The molecule has 0 saturated carbocycles. The number of hydrogen-bond acceptors (Lipinski definition) is 4. The van der Waals surface area contributed by atoms with E-state index >= 15 is 0 Å². The van der Waals surface area contributed by atoms with Crippen LogP contribution in [0.5, 0.6) is 0 Å². The molecular weight excluding hydrogens is 184 g/mol. The lowest BCUT2D eigenvalue weighted by Gasteiger charge is -1.72. The molecule has 0 aliphatic heterocycles. The lowest BCUT2D eigenvalue weighted by molar-refractivity contribution is 1.08. The number of hydrogen-bond donors (Lipinski definition) is 2. The largest absolute Gasteiger partial charge is 0.344 e. The molecule has 0 atom stereocenters. The van der Waals surface area contributed by atoms with Gasteiger partial charge in [0.05, 0.1) is 0 Å². The number of H-pyrrole nitrogens is 2. The Balaban J connectivity index is 0.000000140. The van der Waals surface area contributed by atoms with E-state index in [-0.39, 0.29) is 11.4 Å². The van der Waals surface area contributed by atoms with E-state index in [0.717, 1.165) is 0 Å². The van der Waals surface area contributed by atoms with Gasteiger partial charge in [-0.3, -0.25) is 0 Å². The average molecular weight is 192 g/mol. The van der Waals surface area contributed by atoms with Gasteiger partial charge in [0.2, 0.25) is 0 Å². The topological polar surface area (TPSA) is 91.5 Å². The van der Waals surface area contributed by atoms with Gasteiger partial charge < -0.3 is 9.97 Å². The Morgan fingerprint density at radius 1 is 0.857 bits per heavy atom. The molecule has 2 rings (SSSR count). The Bertz CT molecular complexity index is 396. The normalized spacial score (nSPS) is 8.57. The second-order valence-electron chi connectivity index (χ2n) is 2.17. The Labute approximate surface area is 78.7 Å². The maximum Gasteiger partial charge on any atom is 0.344 e.